The molecule has 2 heterocycles. The van der Waals surface area contributed by atoms with E-state index in [1.807, 2.05) is 36.6 Å². The number of fused-ring (bicyclic) bond motifs is 1. The summed E-state index contributed by atoms with van der Waals surface area (Å²) in [6, 6.07) is 10.9. The van der Waals surface area contributed by atoms with Gasteiger partial charge >= 0.3 is 0 Å². The van der Waals surface area contributed by atoms with Crippen molar-refractivity contribution < 1.29 is 18.7 Å². The Morgan fingerprint density at radius 1 is 1.21 bits per heavy atom. The number of amides is 1. The highest BCUT2D eigenvalue weighted by molar-refractivity contribution is 7.14. The molecule has 0 aliphatic rings. The van der Waals surface area contributed by atoms with Crippen LogP contribution in [-0.4, -0.2) is 25.1 Å². The minimum absolute atomic E-state index is 0.215. The van der Waals surface area contributed by atoms with Crippen LogP contribution in [0.1, 0.15) is 16.1 Å². The number of nitrogens with one attached hydrogen (secondary N) is 1. The molecule has 29 heavy (non-hydrogen) atoms. The zero-order valence-corrected chi connectivity index (χ0v) is 17.5. The van der Waals surface area contributed by atoms with E-state index >= 15 is 0 Å². The summed E-state index contributed by atoms with van der Waals surface area (Å²) in [4.78, 5) is 17.3. The molecule has 2 aromatic heterocycles. The average Bonchev–Trinajstić information content (AvgIpc) is 3.33. The Balaban J connectivity index is 1.61. The fraction of sp³-hybridized carbons (Fsp3) is 0.143. The molecule has 4 rings (SSSR count). The van der Waals surface area contributed by atoms with Gasteiger partial charge in [0.15, 0.2) is 16.5 Å². The van der Waals surface area contributed by atoms with E-state index in [1.165, 1.54) is 11.3 Å². The molecule has 2 aromatic carbocycles. The van der Waals surface area contributed by atoms with Crippen LogP contribution in [0.4, 0.5) is 5.13 Å². The number of furan rings is 1. The van der Waals surface area contributed by atoms with Crippen LogP contribution in [0.25, 0.3) is 22.2 Å². The molecule has 0 spiro atoms. The largest absolute Gasteiger partial charge is 0.497 e. The predicted octanol–water partition coefficient (Wildman–Crippen LogP) is 5.79. The highest BCUT2D eigenvalue weighted by atomic mass is 35.5. The van der Waals surface area contributed by atoms with Crippen molar-refractivity contribution in [3.8, 4) is 22.8 Å². The van der Waals surface area contributed by atoms with Crippen molar-refractivity contribution in [2.24, 2.45) is 0 Å². The summed E-state index contributed by atoms with van der Waals surface area (Å²) in [5.74, 6) is 1.16. The molecule has 1 N–H and O–H groups in total. The molecule has 0 bridgehead atoms. The van der Waals surface area contributed by atoms with E-state index in [0.717, 1.165) is 16.5 Å². The number of carbonyl (C=O) groups is 1. The molecule has 0 fully saturated rings. The van der Waals surface area contributed by atoms with Crippen LogP contribution in [-0.2, 0) is 0 Å². The maximum Gasteiger partial charge on any atom is 0.293 e. The lowest BCUT2D eigenvalue weighted by atomic mass is 10.1. The van der Waals surface area contributed by atoms with E-state index in [2.05, 4.69) is 10.3 Å². The molecule has 148 valence electrons. The summed E-state index contributed by atoms with van der Waals surface area (Å²) in [6.07, 6.45) is 0. The third kappa shape index (κ3) is 3.54. The number of benzene rings is 2. The van der Waals surface area contributed by atoms with Crippen molar-refractivity contribution in [1.82, 2.24) is 4.98 Å². The van der Waals surface area contributed by atoms with Gasteiger partial charge in [0.1, 0.15) is 11.5 Å². The second kappa shape index (κ2) is 7.77. The van der Waals surface area contributed by atoms with Gasteiger partial charge in [-0.3, -0.25) is 10.1 Å². The van der Waals surface area contributed by atoms with Crippen LogP contribution in [0, 0.1) is 6.92 Å². The Morgan fingerprint density at radius 3 is 2.76 bits per heavy atom. The number of carbonyl (C=O) groups excluding carboxylic acids is 1. The Morgan fingerprint density at radius 2 is 2.03 bits per heavy atom. The van der Waals surface area contributed by atoms with Gasteiger partial charge in [0, 0.05) is 28.0 Å². The summed E-state index contributed by atoms with van der Waals surface area (Å²) < 4.78 is 16.4. The molecule has 0 saturated carbocycles. The molecule has 6 nitrogen and oxygen atoms in total. The molecule has 1 amide bonds. The van der Waals surface area contributed by atoms with Crippen LogP contribution in [0.5, 0.6) is 11.5 Å². The molecule has 0 atom stereocenters. The molecule has 0 aliphatic heterocycles. The van der Waals surface area contributed by atoms with Crippen molar-refractivity contribution in [2.75, 3.05) is 19.5 Å². The third-order valence-corrected chi connectivity index (χ3v) is 5.59. The second-order valence-corrected chi connectivity index (χ2v) is 7.50. The first-order chi connectivity index (χ1) is 14.0. The van der Waals surface area contributed by atoms with E-state index in [1.54, 1.807) is 26.4 Å². The minimum atomic E-state index is -0.377. The topological polar surface area (TPSA) is 73.6 Å². The predicted molar refractivity (Wildman–Crippen MR) is 115 cm³/mol. The van der Waals surface area contributed by atoms with Gasteiger partial charge in [-0.05, 0) is 25.1 Å². The monoisotopic (exact) mass is 428 g/mol. The first-order valence-electron chi connectivity index (χ1n) is 8.68. The average molecular weight is 429 g/mol. The lowest BCUT2D eigenvalue weighted by Gasteiger charge is -2.08. The number of para-hydroxylation sites is 1. The van der Waals surface area contributed by atoms with E-state index in [9.17, 15) is 4.79 Å². The Hall–Kier alpha value is -3.03. The zero-order chi connectivity index (χ0) is 20.5. The number of rotatable bonds is 5. The van der Waals surface area contributed by atoms with E-state index in [-0.39, 0.29) is 11.7 Å². The normalized spacial score (nSPS) is 10.9. The van der Waals surface area contributed by atoms with Crippen molar-refractivity contribution >= 4 is 44.9 Å². The summed E-state index contributed by atoms with van der Waals surface area (Å²) in [5.41, 5.74) is 2.72. The van der Waals surface area contributed by atoms with Gasteiger partial charge in [0.25, 0.3) is 5.91 Å². The number of hydrogen-bond acceptors (Lipinski definition) is 6. The Labute approximate surface area is 176 Å². The molecule has 0 saturated heterocycles. The number of thiazole rings is 1. The quantitative estimate of drug-likeness (QED) is 0.435. The zero-order valence-electron chi connectivity index (χ0n) is 15.9. The van der Waals surface area contributed by atoms with Crippen molar-refractivity contribution in [1.29, 1.82) is 0 Å². The Bertz CT molecular complexity index is 1210. The SMILES string of the molecule is COc1ccc(-c2csc(NC(=O)c3oc4c(Cl)cccc4c3C)n2)c(OC)c1. The number of methoxy groups -OCH3 is 2. The lowest BCUT2D eigenvalue weighted by molar-refractivity contribution is 0.0998. The maximum absolute atomic E-state index is 12.7. The van der Waals surface area contributed by atoms with Gasteiger partial charge in [0.05, 0.1) is 24.9 Å². The van der Waals surface area contributed by atoms with Crippen LogP contribution >= 0.6 is 22.9 Å². The number of halogens is 1. The molecular weight excluding hydrogens is 412 g/mol. The smallest absolute Gasteiger partial charge is 0.293 e. The van der Waals surface area contributed by atoms with Gasteiger partial charge in [-0.15, -0.1) is 11.3 Å². The summed E-state index contributed by atoms with van der Waals surface area (Å²) in [7, 11) is 3.18. The molecule has 0 aliphatic carbocycles. The number of hydrogen-bond donors (Lipinski definition) is 1. The van der Waals surface area contributed by atoms with Crippen molar-refractivity contribution in [2.45, 2.75) is 6.92 Å². The second-order valence-electron chi connectivity index (χ2n) is 6.23. The molecule has 0 unspecified atom stereocenters. The molecular formula is C21H17ClN2O4S. The lowest BCUT2D eigenvalue weighted by Crippen LogP contribution is -2.11. The minimum Gasteiger partial charge on any atom is -0.497 e. The molecule has 8 heteroatoms. The number of ether oxygens (including phenoxy) is 2. The van der Waals surface area contributed by atoms with Gasteiger partial charge in [-0.1, -0.05) is 23.7 Å². The fourth-order valence-electron chi connectivity index (χ4n) is 3.04. The van der Waals surface area contributed by atoms with Gasteiger partial charge in [-0.2, -0.15) is 0 Å². The van der Waals surface area contributed by atoms with Crippen LogP contribution in [0.2, 0.25) is 5.02 Å². The molecule has 4 aromatic rings. The summed E-state index contributed by atoms with van der Waals surface area (Å²) in [6.45, 7) is 1.83. The third-order valence-electron chi connectivity index (χ3n) is 4.53. The van der Waals surface area contributed by atoms with Gasteiger partial charge < -0.3 is 13.9 Å². The van der Waals surface area contributed by atoms with E-state index < -0.39 is 0 Å². The standard InChI is InChI=1S/C21H17ClN2O4S/c1-11-13-5-4-6-15(22)19(13)28-18(11)20(25)24-21-23-16(10-29-21)14-8-7-12(26-2)9-17(14)27-3/h4-10H,1-3H3,(H,23,24,25). The highest BCUT2D eigenvalue weighted by Gasteiger charge is 2.20. The van der Waals surface area contributed by atoms with Crippen LogP contribution < -0.4 is 14.8 Å². The number of aryl methyl sites for hydroxylation is 1. The van der Waals surface area contributed by atoms with Crippen LogP contribution in [0.15, 0.2) is 46.2 Å². The first-order valence-corrected chi connectivity index (χ1v) is 9.94. The van der Waals surface area contributed by atoms with Gasteiger partial charge in [-0.25, -0.2) is 4.98 Å². The Kier molecular flexibility index (Phi) is 5.17. The summed E-state index contributed by atoms with van der Waals surface area (Å²) in [5, 5.41) is 6.37. The van der Waals surface area contributed by atoms with E-state index in [4.69, 9.17) is 25.5 Å². The van der Waals surface area contributed by atoms with Crippen molar-refractivity contribution in [3.63, 3.8) is 0 Å². The van der Waals surface area contributed by atoms with Crippen LogP contribution in [0.3, 0.4) is 0 Å². The highest BCUT2D eigenvalue weighted by Crippen LogP contribution is 2.35. The fourth-order valence-corrected chi connectivity index (χ4v) is 3.96. The number of aromatic nitrogens is 1. The van der Waals surface area contributed by atoms with Gasteiger partial charge in [0.2, 0.25) is 0 Å². The van der Waals surface area contributed by atoms with E-state index in [0.29, 0.717) is 32.9 Å². The number of anilines is 1. The summed E-state index contributed by atoms with van der Waals surface area (Å²) >= 11 is 7.49. The number of nitrogens with zero attached hydrogens (tertiary/aromatic N) is 1. The first kappa shape index (κ1) is 19.3. The maximum atomic E-state index is 12.7. The molecule has 0 radical (unpaired) electrons. The van der Waals surface area contributed by atoms with Crippen molar-refractivity contribution in [3.05, 3.63) is 58.1 Å².